The Morgan fingerprint density at radius 1 is 1.10 bits per heavy atom. The van der Waals surface area contributed by atoms with Crippen LogP contribution in [-0.4, -0.2) is 81.7 Å². The number of carbonyl (C=O) groups is 4. The number of ketones is 1. The molecular weight excluding hydrogens is 550 g/mol. The number of rotatable bonds is 7. The number of likely N-dealkylation sites (tertiary alicyclic amines) is 1. The fourth-order valence-corrected chi connectivity index (χ4v) is 6.85. The molecule has 2 aliphatic rings. The molecule has 41 heavy (non-hydrogen) atoms. The van der Waals surface area contributed by atoms with E-state index >= 15 is 0 Å². The van der Waals surface area contributed by atoms with E-state index < -0.39 is 57.6 Å². The van der Waals surface area contributed by atoms with Crippen molar-refractivity contribution in [2.24, 2.45) is 5.92 Å². The molecule has 3 atom stereocenters. The molecule has 2 amide bonds. The molecule has 3 aromatic rings. The van der Waals surface area contributed by atoms with Crippen molar-refractivity contribution in [3.63, 3.8) is 0 Å². The van der Waals surface area contributed by atoms with Gasteiger partial charge in [-0.3, -0.25) is 19.4 Å². The van der Waals surface area contributed by atoms with Gasteiger partial charge in [0.15, 0.2) is 5.78 Å². The van der Waals surface area contributed by atoms with Crippen LogP contribution in [0.4, 0.5) is 4.79 Å². The minimum absolute atomic E-state index is 0.00490. The molecule has 0 aliphatic carbocycles. The average Bonchev–Trinajstić information content (AvgIpc) is 3.53. The third-order valence-electron chi connectivity index (χ3n) is 7.17. The zero-order chi connectivity index (χ0) is 29.3. The number of Topliss-reactive ketones (excluding diaryl/α,β-unsaturated/α-hetero) is 1. The summed E-state index contributed by atoms with van der Waals surface area (Å²) in [6.45, 7) is 3.32. The summed E-state index contributed by atoms with van der Waals surface area (Å²) in [5.41, 5.74) is 0.520. The smallest absolute Gasteiger partial charge is 0.391 e. The van der Waals surface area contributed by atoms with Gasteiger partial charge in [0.2, 0.25) is 11.8 Å². The molecule has 2 aromatic heterocycles. The number of aromatic nitrogens is 2. The SMILES string of the molecule is CC(C)CC(NC(=O)Oc1ccc2ccccc2n1)C(=O)N1CCC2C1C(=O)CN2S(=O)(=O)C(=O)c1cccnc1. The van der Waals surface area contributed by atoms with Crippen LogP contribution in [0.1, 0.15) is 37.0 Å². The fraction of sp³-hybridized carbons (Fsp3) is 0.357. The van der Waals surface area contributed by atoms with Gasteiger partial charge in [-0.15, -0.1) is 0 Å². The molecule has 3 unspecified atom stereocenters. The maximum atomic E-state index is 13.7. The van der Waals surface area contributed by atoms with Crippen LogP contribution < -0.4 is 10.1 Å². The number of carbonyl (C=O) groups excluding carboxylic acids is 4. The van der Waals surface area contributed by atoms with Crippen molar-refractivity contribution in [1.29, 1.82) is 0 Å². The first kappa shape index (κ1) is 28.3. The molecule has 12 nitrogen and oxygen atoms in total. The highest BCUT2D eigenvalue weighted by molar-refractivity contribution is 8.04. The van der Waals surface area contributed by atoms with Crippen molar-refractivity contribution in [3.8, 4) is 5.88 Å². The van der Waals surface area contributed by atoms with E-state index in [2.05, 4.69) is 15.3 Å². The Hall–Kier alpha value is -4.23. The molecule has 2 saturated heterocycles. The van der Waals surface area contributed by atoms with Crippen LogP contribution in [0.5, 0.6) is 5.88 Å². The predicted molar refractivity (Wildman–Crippen MR) is 147 cm³/mol. The van der Waals surface area contributed by atoms with Crippen molar-refractivity contribution in [1.82, 2.24) is 24.5 Å². The number of nitrogens with one attached hydrogen (secondary N) is 1. The summed E-state index contributed by atoms with van der Waals surface area (Å²) in [5, 5.41) is 2.31. The number of hydrogen-bond acceptors (Lipinski definition) is 9. The van der Waals surface area contributed by atoms with Gasteiger partial charge in [-0.1, -0.05) is 32.0 Å². The number of pyridine rings is 2. The third-order valence-corrected chi connectivity index (χ3v) is 8.89. The number of fused-ring (bicyclic) bond motifs is 2. The Labute approximate surface area is 236 Å². The van der Waals surface area contributed by atoms with Crippen LogP contribution >= 0.6 is 0 Å². The molecule has 5 rings (SSSR count). The summed E-state index contributed by atoms with van der Waals surface area (Å²) in [6.07, 6.45) is 2.10. The van der Waals surface area contributed by atoms with Gasteiger partial charge >= 0.3 is 6.09 Å². The monoisotopic (exact) mass is 579 g/mol. The molecule has 0 bridgehead atoms. The van der Waals surface area contributed by atoms with E-state index in [9.17, 15) is 27.6 Å². The van der Waals surface area contributed by atoms with E-state index in [-0.39, 0.29) is 36.7 Å². The van der Waals surface area contributed by atoms with Crippen molar-refractivity contribution < 1.29 is 32.3 Å². The van der Waals surface area contributed by atoms with Gasteiger partial charge in [0.05, 0.1) is 23.7 Å². The van der Waals surface area contributed by atoms with Crippen molar-refractivity contribution >= 4 is 43.8 Å². The molecule has 2 fully saturated rings. The number of amides is 2. The maximum absolute atomic E-state index is 13.7. The zero-order valence-corrected chi connectivity index (χ0v) is 23.3. The summed E-state index contributed by atoms with van der Waals surface area (Å²) < 4.78 is 32.6. The second-order valence-corrected chi connectivity index (χ2v) is 12.2. The van der Waals surface area contributed by atoms with Gasteiger partial charge in [0, 0.05) is 30.4 Å². The Kier molecular flexibility index (Phi) is 7.82. The predicted octanol–water partition coefficient (Wildman–Crippen LogP) is 2.16. The normalized spacial score (nSPS) is 19.8. The van der Waals surface area contributed by atoms with E-state index in [4.69, 9.17) is 4.74 Å². The minimum atomic E-state index is -4.54. The molecule has 214 valence electrons. The Morgan fingerprint density at radius 2 is 1.88 bits per heavy atom. The largest absolute Gasteiger partial charge is 0.414 e. The first-order valence-corrected chi connectivity index (χ1v) is 14.6. The molecule has 4 heterocycles. The molecule has 1 N–H and O–H groups in total. The second-order valence-electron chi connectivity index (χ2n) is 10.4. The number of ether oxygens (including phenoxy) is 1. The Morgan fingerprint density at radius 3 is 2.61 bits per heavy atom. The van der Waals surface area contributed by atoms with Crippen LogP contribution in [0, 0.1) is 5.92 Å². The maximum Gasteiger partial charge on any atom is 0.414 e. The topological polar surface area (TPSA) is 156 Å². The Bertz CT molecular complexity index is 1610. The van der Waals surface area contributed by atoms with E-state index in [1.807, 2.05) is 32.0 Å². The molecule has 0 saturated carbocycles. The number of sulfonamides is 1. The standard InChI is InChI=1S/C28H29N5O7S/c1-17(2)14-21(31-28(37)40-24-10-9-18-6-3-4-8-20(18)30-24)26(35)32-13-11-22-25(32)23(34)16-33(22)41(38,39)27(36)19-7-5-12-29-15-19/h3-10,12,15,17,21-22,25H,11,13-14,16H2,1-2H3,(H,31,37). The van der Waals surface area contributed by atoms with Crippen LogP contribution in [0.2, 0.25) is 0 Å². The average molecular weight is 580 g/mol. The van der Waals surface area contributed by atoms with Crippen LogP contribution in [0.3, 0.4) is 0 Å². The molecule has 1 aromatic carbocycles. The highest BCUT2D eigenvalue weighted by atomic mass is 32.2. The van der Waals surface area contributed by atoms with Gasteiger partial charge in [0.25, 0.3) is 15.1 Å². The van der Waals surface area contributed by atoms with Gasteiger partial charge in [-0.25, -0.2) is 18.2 Å². The number of hydrogen-bond donors (Lipinski definition) is 1. The third kappa shape index (κ3) is 5.68. The quantitative estimate of drug-likeness (QED) is 0.443. The summed E-state index contributed by atoms with van der Waals surface area (Å²) in [4.78, 5) is 61.8. The lowest BCUT2D eigenvalue weighted by Crippen LogP contribution is -2.53. The van der Waals surface area contributed by atoms with Crippen molar-refractivity contribution in [3.05, 3.63) is 66.5 Å². The molecule has 0 spiro atoms. The zero-order valence-electron chi connectivity index (χ0n) is 22.5. The van der Waals surface area contributed by atoms with E-state index in [1.165, 1.54) is 23.2 Å². The first-order chi connectivity index (χ1) is 19.6. The lowest BCUT2D eigenvalue weighted by atomic mass is 10.0. The van der Waals surface area contributed by atoms with E-state index in [0.29, 0.717) is 5.52 Å². The van der Waals surface area contributed by atoms with Crippen LogP contribution in [0.15, 0.2) is 60.9 Å². The highest BCUT2D eigenvalue weighted by Gasteiger charge is 2.55. The van der Waals surface area contributed by atoms with Crippen molar-refractivity contribution in [2.75, 3.05) is 13.1 Å². The van der Waals surface area contributed by atoms with Gasteiger partial charge in [-0.05, 0) is 43.0 Å². The van der Waals surface area contributed by atoms with Crippen LogP contribution in [0.25, 0.3) is 10.9 Å². The lowest BCUT2D eigenvalue weighted by molar-refractivity contribution is -0.138. The fourth-order valence-electron chi connectivity index (χ4n) is 5.34. The van der Waals surface area contributed by atoms with E-state index in [1.54, 1.807) is 18.2 Å². The van der Waals surface area contributed by atoms with Gasteiger partial charge in [-0.2, -0.15) is 4.31 Å². The molecule has 2 aliphatic heterocycles. The summed E-state index contributed by atoms with van der Waals surface area (Å²) >= 11 is 0. The highest BCUT2D eigenvalue weighted by Crippen LogP contribution is 2.33. The van der Waals surface area contributed by atoms with Gasteiger partial charge < -0.3 is 15.0 Å². The second kappa shape index (κ2) is 11.3. The summed E-state index contributed by atoms with van der Waals surface area (Å²) in [6, 6.07) is 10.4. The number of benzene rings is 1. The van der Waals surface area contributed by atoms with Crippen molar-refractivity contribution in [2.45, 2.75) is 44.8 Å². The first-order valence-electron chi connectivity index (χ1n) is 13.2. The molecule has 13 heteroatoms. The number of para-hydroxylation sites is 1. The van der Waals surface area contributed by atoms with E-state index in [0.717, 1.165) is 15.9 Å². The summed E-state index contributed by atoms with van der Waals surface area (Å²) in [7, 11) is -4.54. The minimum Gasteiger partial charge on any atom is -0.391 e. The van der Waals surface area contributed by atoms with Crippen LogP contribution in [-0.2, 0) is 19.6 Å². The molecule has 0 radical (unpaired) electrons. The lowest BCUT2D eigenvalue weighted by Gasteiger charge is -2.28. The van der Waals surface area contributed by atoms with Gasteiger partial charge in [0.1, 0.15) is 12.1 Å². The Balaban J connectivity index is 1.31. The molecular formula is C28H29N5O7S. The summed E-state index contributed by atoms with van der Waals surface area (Å²) in [5.74, 6) is -0.964. The number of nitrogens with zero attached hydrogens (tertiary/aromatic N) is 4.